The van der Waals surface area contributed by atoms with E-state index < -0.39 is 0 Å². The van der Waals surface area contributed by atoms with E-state index in [1.807, 2.05) is 58.9 Å². The van der Waals surface area contributed by atoms with E-state index in [4.69, 9.17) is 14.6 Å². The van der Waals surface area contributed by atoms with E-state index in [0.717, 1.165) is 11.5 Å². The summed E-state index contributed by atoms with van der Waals surface area (Å²) in [7, 11) is 0. The van der Waals surface area contributed by atoms with Crippen LogP contribution in [0.2, 0.25) is 0 Å². The molecule has 4 heteroatoms. The van der Waals surface area contributed by atoms with Crippen molar-refractivity contribution >= 4 is 6.29 Å². The summed E-state index contributed by atoms with van der Waals surface area (Å²) in [6.07, 6.45) is 0.653. The molecule has 0 radical (unpaired) electrons. The van der Waals surface area contributed by atoms with E-state index in [-0.39, 0.29) is 12.3 Å². The SMILES string of the molecule is CC.CC.Cc1ccc(Oc2ccc(O)cc2)cc1.NCC=O. The lowest BCUT2D eigenvalue weighted by molar-refractivity contribution is -0.106. The van der Waals surface area contributed by atoms with Gasteiger partial charge in [0, 0.05) is 6.54 Å². The normalized spacial score (nSPS) is 8.09. The maximum Gasteiger partial charge on any atom is 0.133 e. The van der Waals surface area contributed by atoms with Crippen LogP contribution in [0.5, 0.6) is 17.2 Å². The van der Waals surface area contributed by atoms with Crippen LogP contribution in [0.15, 0.2) is 48.5 Å². The van der Waals surface area contributed by atoms with Gasteiger partial charge in [0.05, 0.1) is 0 Å². The van der Waals surface area contributed by atoms with Gasteiger partial charge in [0.15, 0.2) is 0 Å². The quantitative estimate of drug-likeness (QED) is 0.805. The predicted octanol–water partition coefficient (Wildman–Crippen LogP) is 4.69. The van der Waals surface area contributed by atoms with E-state index in [2.05, 4.69) is 5.73 Å². The standard InChI is InChI=1S/C13H12O2.C2H5NO.2C2H6/c1-10-2-6-12(7-3-10)15-13-8-4-11(14)5-9-13;3-1-2-4;2*1-2/h2-9,14H,1H3;2H,1,3H2;2*1-2H3. The lowest BCUT2D eigenvalue weighted by Crippen LogP contribution is -1.97. The molecule has 0 spiro atoms. The van der Waals surface area contributed by atoms with E-state index in [1.54, 1.807) is 24.3 Å². The number of carbonyl (C=O) groups excluding carboxylic acids is 1. The number of rotatable bonds is 3. The summed E-state index contributed by atoms with van der Waals surface area (Å²) in [5.41, 5.74) is 5.86. The van der Waals surface area contributed by atoms with Crippen molar-refractivity contribution in [1.29, 1.82) is 0 Å². The number of carbonyl (C=O) groups is 1. The summed E-state index contributed by atoms with van der Waals surface area (Å²) in [5, 5.41) is 9.10. The third-order valence-corrected chi connectivity index (χ3v) is 2.19. The van der Waals surface area contributed by atoms with Crippen LogP contribution < -0.4 is 10.5 Å². The maximum absolute atomic E-state index is 9.10. The number of ether oxygens (including phenoxy) is 1. The Balaban J connectivity index is 0. The number of aromatic hydroxyl groups is 1. The van der Waals surface area contributed by atoms with Crippen LogP contribution in [0.4, 0.5) is 0 Å². The fourth-order valence-electron chi connectivity index (χ4n) is 1.26. The van der Waals surface area contributed by atoms with Crippen LogP contribution in [-0.4, -0.2) is 17.9 Å². The zero-order valence-corrected chi connectivity index (χ0v) is 14.7. The molecule has 0 aliphatic rings. The van der Waals surface area contributed by atoms with Gasteiger partial charge in [-0.3, -0.25) is 0 Å². The summed E-state index contributed by atoms with van der Waals surface area (Å²) in [6, 6.07) is 14.5. The van der Waals surface area contributed by atoms with Crippen molar-refractivity contribution in [1.82, 2.24) is 0 Å². The van der Waals surface area contributed by atoms with Crippen LogP contribution in [0.25, 0.3) is 0 Å². The third-order valence-electron chi connectivity index (χ3n) is 2.19. The first-order valence-electron chi connectivity index (χ1n) is 7.83. The second-order valence-corrected chi connectivity index (χ2v) is 3.81. The molecule has 2 rings (SSSR count). The molecule has 0 unspecified atom stereocenters. The second kappa shape index (κ2) is 16.0. The number of aryl methyl sites for hydroxylation is 1. The van der Waals surface area contributed by atoms with Gasteiger partial charge in [-0.25, -0.2) is 0 Å². The Morgan fingerprint density at radius 2 is 1.26 bits per heavy atom. The number of hydrogen-bond donors (Lipinski definition) is 2. The zero-order chi connectivity index (χ0) is 18.1. The molecule has 23 heavy (non-hydrogen) atoms. The van der Waals surface area contributed by atoms with Crippen molar-refractivity contribution in [2.45, 2.75) is 34.6 Å². The van der Waals surface area contributed by atoms with Gasteiger partial charge in [-0.1, -0.05) is 45.4 Å². The van der Waals surface area contributed by atoms with Gasteiger partial charge < -0.3 is 20.4 Å². The average Bonchev–Trinajstić information content (AvgIpc) is 2.62. The molecule has 2 aromatic carbocycles. The van der Waals surface area contributed by atoms with E-state index in [9.17, 15) is 0 Å². The molecular formula is C19H29NO3. The molecule has 0 saturated heterocycles. The second-order valence-electron chi connectivity index (χ2n) is 3.81. The summed E-state index contributed by atoms with van der Waals surface area (Å²) in [5.74, 6) is 1.76. The molecule has 4 nitrogen and oxygen atoms in total. The highest BCUT2D eigenvalue weighted by Gasteiger charge is 1.96. The van der Waals surface area contributed by atoms with E-state index in [1.165, 1.54) is 5.56 Å². The number of aldehydes is 1. The number of phenolic OH excluding ortho intramolecular Hbond substituents is 1. The Morgan fingerprint density at radius 1 is 0.913 bits per heavy atom. The Labute approximate surface area is 139 Å². The molecule has 0 atom stereocenters. The fourth-order valence-corrected chi connectivity index (χ4v) is 1.26. The minimum absolute atomic E-state index is 0.139. The predicted molar refractivity (Wildman–Crippen MR) is 97.2 cm³/mol. The van der Waals surface area contributed by atoms with Gasteiger partial charge in [0.2, 0.25) is 0 Å². The molecule has 0 aliphatic carbocycles. The van der Waals surface area contributed by atoms with E-state index in [0.29, 0.717) is 6.29 Å². The van der Waals surface area contributed by atoms with Gasteiger partial charge in [0.1, 0.15) is 23.5 Å². The lowest BCUT2D eigenvalue weighted by Gasteiger charge is -2.05. The number of benzene rings is 2. The summed E-state index contributed by atoms with van der Waals surface area (Å²) in [6.45, 7) is 10.2. The molecule has 3 N–H and O–H groups in total. The molecule has 0 saturated carbocycles. The Kier molecular flexibility index (Phi) is 16.0. The van der Waals surface area contributed by atoms with Gasteiger partial charge in [-0.15, -0.1) is 0 Å². The molecule has 0 heterocycles. The van der Waals surface area contributed by atoms with Gasteiger partial charge >= 0.3 is 0 Å². The number of nitrogens with two attached hydrogens (primary N) is 1. The van der Waals surface area contributed by atoms with Crippen LogP contribution in [0.3, 0.4) is 0 Å². The van der Waals surface area contributed by atoms with Crippen LogP contribution >= 0.6 is 0 Å². The van der Waals surface area contributed by atoms with Crippen LogP contribution in [0, 0.1) is 6.92 Å². The first-order valence-corrected chi connectivity index (χ1v) is 7.83. The first kappa shape index (κ1) is 22.9. The summed E-state index contributed by atoms with van der Waals surface area (Å²) >= 11 is 0. The fraction of sp³-hybridized carbons (Fsp3) is 0.316. The van der Waals surface area contributed by atoms with Crippen molar-refractivity contribution < 1.29 is 14.6 Å². The molecule has 0 aliphatic heterocycles. The smallest absolute Gasteiger partial charge is 0.133 e. The molecule has 128 valence electrons. The van der Waals surface area contributed by atoms with Crippen molar-refractivity contribution in [3.63, 3.8) is 0 Å². The van der Waals surface area contributed by atoms with Crippen molar-refractivity contribution in [3.05, 3.63) is 54.1 Å². The molecule has 0 aromatic heterocycles. The van der Waals surface area contributed by atoms with Gasteiger partial charge in [-0.2, -0.15) is 0 Å². The Bertz CT molecular complexity index is 450. The number of hydrogen-bond acceptors (Lipinski definition) is 4. The monoisotopic (exact) mass is 319 g/mol. The van der Waals surface area contributed by atoms with Crippen molar-refractivity contribution in [3.8, 4) is 17.2 Å². The topological polar surface area (TPSA) is 72.6 Å². The zero-order valence-electron chi connectivity index (χ0n) is 14.7. The van der Waals surface area contributed by atoms with Gasteiger partial charge in [-0.05, 0) is 43.3 Å². The lowest BCUT2D eigenvalue weighted by atomic mass is 10.2. The van der Waals surface area contributed by atoms with Crippen molar-refractivity contribution in [2.75, 3.05) is 6.54 Å². The molecule has 2 aromatic rings. The van der Waals surface area contributed by atoms with E-state index >= 15 is 0 Å². The van der Waals surface area contributed by atoms with Crippen LogP contribution in [-0.2, 0) is 4.79 Å². The largest absolute Gasteiger partial charge is 0.508 e. The van der Waals surface area contributed by atoms with Gasteiger partial charge in [0.25, 0.3) is 0 Å². The highest BCUT2D eigenvalue weighted by Crippen LogP contribution is 2.23. The maximum atomic E-state index is 9.10. The minimum Gasteiger partial charge on any atom is -0.508 e. The Hall–Kier alpha value is -2.33. The first-order chi connectivity index (χ1) is 11.2. The summed E-state index contributed by atoms with van der Waals surface area (Å²) in [4.78, 5) is 9.05. The van der Waals surface area contributed by atoms with Crippen molar-refractivity contribution in [2.24, 2.45) is 5.73 Å². The molecule has 0 fully saturated rings. The third kappa shape index (κ3) is 12.0. The molecule has 0 bridgehead atoms. The highest BCUT2D eigenvalue weighted by molar-refractivity contribution is 5.51. The van der Waals surface area contributed by atoms with Crippen LogP contribution in [0.1, 0.15) is 33.3 Å². The summed E-state index contributed by atoms with van der Waals surface area (Å²) < 4.78 is 5.58. The average molecular weight is 319 g/mol. The molecule has 0 amide bonds. The molecular weight excluding hydrogens is 290 g/mol. The minimum atomic E-state index is 0.139. The Morgan fingerprint density at radius 3 is 1.61 bits per heavy atom. The number of phenols is 1. The highest BCUT2D eigenvalue weighted by atomic mass is 16.5.